The summed E-state index contributed by atoms with van der Waals surface area (Å²) < 4.78 is 58.3. The predicted molar refractivity (Wildman–Crippen MR) is 113 cm³/mol. The van der Waals surface area contributed by atoms with Gasteiger partial charge in [0.1, 0.15) is 12.9 Å². The molecule has 10 heteroatoms. The maximum absolute atomic E-state index is 13.3. The Bertz CT molecular complexity index is 1320. The maximum Gasteiger partial charge on any atom is 0.416 e. The van der Waals surface area contributed by atoms with Gasteiger partial charge in [0.2, 0.25) is 0 Å². The lowest BCUT2D eigenvalue weighted by Gasteiger charge is -2.11. The molecule has 0 aliphatic rings. The second-order valence-corrected chi connectivity index (χ2v) is 8.28. The number of hydrogen-bond acceptors (Lipinski definition) is 5. The van der Waals surface area contributed by atoms with E-state index in [-0.39, 0.29) is 12.2 Å². The second kappa shape index (κ2) is 8.53. The van der Waals surface area contributed by atoms with E-state index in [1.165, 1.54) is 32.4 Å². The van der Waals surface area contributed by atoms with Gasteiger partial charge < -0.3 is 9.47 Å². The predicted octanol–water partition coefficient (Wildman–Crippen LogP) is 5.31. The van der Waals surface area contributed by atoms with Gasteiger partial charge in [-0.3, -0.25) is 4.57 Å². The molecule has 4 aromatic rings. The van der Waals surface area contributed by atoms with Crippen LogP contribution >= 0.6 is 10.8 Å². The number of ether oxygens (including phenoxy) is 2. The molecule has 164 valence electrons. The molecule has 2 aromatic heterocycles. The molecule has 32 heavy (non-hydrogen) atoms. The highest BCUT2D eigenvalue weighted by molar-refractivity contribution is 7.29. The number of benzene rings is 2. The molecule has 0 bridgehead atoms. The number of methoxy groups -OCH3 is 2. The van der Waals surface area contributed by atoms with E-state index in [0.29, 0.717) is 32.4 Å². The molecule has 0 spiro atoms. The van der Waals surface area contributed by atoms with Crippen molar-refractivity contribution >= 4 is 21.8 Å². The number of fused-ring (bicyclic) bond motifs is 1. The minimum atomic E-state index is -4.50. The van der Waals surface area contributed by atoms with Crippen LogP contribution in [0.25, 0.3) is 16.0 Å². The van der Waals surface area contributed by atoms with Crippen molar-refractivity contribution in [2.75, 3.05) is 14.2 Å². The van der Waals surface area contributed by atoms with E-state index in [1.54, 1.807) is 35.2 Å². The number of halogens is 3. The van der Waals surface area contributed by atoms with E-state index >= 15 is 0 Å². The Morgan fingerprint density at radius 2 is 1.78 bits per heavy atom. The molecule has 1 atom stereocenters. The van der Waals surface area contributed by atoms with Crippen LogP contribution in [0, 0.1) is 11.3 Å². The van der Waals surface area contributed by atoms with E-state index in [2.05, 4.69) is 11.1 Å². The highest BCUT2D eigenvalue weighted by Gasteiger charge is 2.34. The molecule has 4 rings (SSSR count). The summed E-state index contributed by atoms with van der Waals surface area (Å²) in [7, 11) is 1.84. The van der Waals surface area contributed by atoms with Gasteiger partial charge in [0.25, 0.3) is 9.88 Å². The van der Waals surface area contributed by atoms with E-state index in [0.717, 1.165) is 6.07 Å². The quantitative estimate of drug-likeness (QED) is 0.365. The summed E-state index contributed by atoms with van der Waals surface area (Å²) in [4.78, 5) is 4.69. The minimum absolute atomic E-state index is 0.00191. The minimum Gasteiger partial charge on any atom is -0.493 e. The molecule has 0 amide bonds. The highest BCUT2D eigenvalue weighted by Crippen LogP contribution is 2.38. The number of aromatic nitrogens is 2. The van der Waals surface area contributed by atoms with E-state index in [1.807, 2.05) is 0 Å². The fourth-order valence-electron chi connectivity index (χ4n) is 3.31. The average molecular weight is 460 g/mol. The Hall–Kier alpha value is -3.55. The van der Waals surface area contributed by atoms with Crippen LogP contribution < -0.4 is 13.7 Å². The lowest BCUT2D eigenvalue weighted by atomic mass is 10.1. The normalized spacial score (nSPS) is 12.1. The van der Waals surface area contributed by atoms with Gasteiger partial charge in [-0.1, -0.05) is 18.2 Å². The summed E-state index contributed by atoms with van der Waals surface area (Å²) in [6, 6.07) is 14.1. The molecule has 2 aromatic carbocycles. The zero-order valence-corrected chi connectivity index (χ0v) is 17.8. The van der Waals surface area contributed by atoms with E-state index < -0.39 is 22.5 Å². The van der Waals surface area contributed by atoms with Crippen LogP contribution in [0.3, 0.4) is 0 Å². The van der Waals surface area contributed by atoms with Crippen molar-refractivity contribution < 1.29 is 26.8 Å². The molecule has 0 saturated carbocycles. The monoisotopic (exact) mass is 460 g/mol. The van der Waals surface area contributed by atoms with Gasteiger partial charge in [-0.15, -0.1) is 4.18 Å². The number of imidazole rings is 1. The summed E-state index contributed by atoms with van der Waals surface area (Å²) in [5.74, 6) is 1.01. The molecular weight excluding hydrogens is 443 g/mol. The Kier molecular flexibility index (Phi) is 5.78. The first-order valence-corrected chi connectivity index (χ1v) is 10.5. The van der Waals surface area contributed by atoms with Crippen molar-refractivity contribution in [2.24, 2.45) is 0 Å². The van der Waals surface area contributed by atoms with Crippen molar-refractivity contribution in [1.82, 2.24) is 9.55 Å². The first kappa shape index (κ1) is 21.7. The largest absolute Gasteiger partial charge is 0.493 e. The van der Waals surface area contributed by atoms with Gasteiger partial charge in [0.05, 0.1) is 30.8 Å². The topological polar surface area (TPSA) is 69.3 Å². The summed E-state index contributed by atoms with van der Waals surface area (Å²) in [5, 5.41) is 10.1. The Morgan fingerprint density at radius 3 is 2.47 bits per heavy atom. The van der Waals surface area contributed by atoms with E-state index in [4.69, 9.17) is 13.7 Å². The maximum atomic E-state index is 13.3. The number of thiophene rings is 1. The fraction of sp³-hybridized carbons (Fsp3) is 0.182. The van der Waals surface area contributed by atoms with Crippen LogP contribution in [0.1, 0.15) is 16.0 Å². The van der Waals surface area contributed by atoms with Crippen LogP contribution in [-0.2, 0) is 12.8 Å². The lowest BCUT2D eigenvalue weighted by Crippen LogP contribution is -2.11. The van der Waals surface area contributed by atoms with Gasteiger partial charge in [-0.2, -0.15) is 18.4 Å². The average Bonchev–Trinajstić information content (AvgIpc) is 3.38. The summed E-state index contributed by atoms with van der Waals surface area (Å²) in [6.45, 7) is -0.307. The number of nitriles is 1. The zero-order valence-electron chi connectivity index (χ0n) is 17.0. The molecule has 0 saturated heterocycles. The lowest BCUT2D eigenvalue weighted by molar-refractivity contribution is -0.138. The van der Waals surface area contributed by atoms with Crippen LogP contribution in [-0.4, -0.2) is 23.8 Å². The molecule has 2 heterocycles. The van der Waals surface area contributed by atoms with Crippen molar-refractivity contribution in [2.45, 2.75) is 12.8 Å². The van der Waals surface area contributed by atoms with Gasteiger partial charge in [-0.05, 0) is 11.6 Å². The second-order valence-electron chi connectivity index (χ2n) is 6.64. The molecule has 0 aliphatic carbocycles. The summed E-state index contributed by atoms with van der Waals surface area (Å²) in [5.41, 5.74) is 0.539. The third-order valence-electron chi connectivity index (χ3n) is 4.82. The molecule has 6 nitrogen and oxygen atoms in total. The van der Waals surface area contributed by atoms with Crippen LogP contribution in [0.4, 0.5) is 13.2 Å². The summed E-state index contributed by atoms with van der Waals surface area (Å²) >= 11 is 0. The Morgan fingerprint density at radius 1 is 1.06 bits per heavy atom. The zero-order chi connectivity index (χ0) is 22.9. The third-order valence-corrected chi connectivity index (χ3v) is 6.52. The molecule has 0 N–H and O–H groups in total. The third kappa shape index (κ3) is 3.88. The van der Waals surface area contributed by atoms with Crippen molar-refractivity contribution in [3.63, 3.8) is 0 Å². The standard InChI is InChI=1S/C22H17F3N3O3S/c1-29-19-9-17-18(10-20(19)30-2)28(13-27-17)21-8-7-15(11-26)32(21)31-12-14-5-3-4-6-16(14)22(23,24)25/h3-10,13H,12H2,1-2H3/q+1. The fourth-order valence-corrected chi connectivity index (χ4v) is 4.82. The first-order chi connectivity index (χ1) is 15.4. The molecule has 0 aliphatic heterocycles. The van der Waals surface area contributed by atoms with Gasteiger partial charge >= 0.3 is 6.18 Å². The van der Waals surface area contributed by atoms with Crippen LogP contribution in [0.2, 0.25) is 0 Å². The number of alkyl halides is 3. The van der Waals surface area contributed by atoms with Crippen molar-refractivity contribution in [3.05, 3.63) is 70.9 Å². The van der Waals surface area contributed by atoms with Crippen LogP contribution in [0.15, 0.2) is 54.9 Å². The van der Waals surface area contributed by atoms with Crippen molar-refractivity contribution in [3.8, 4) is 22.6 Å². The highest BCUT2D eigenvalue weighted by atomic mass is 32.2. The van der Waals surface area contributed by atoms with Crippen LogP contribution in [0.5, 0.6) is 11.5 Å². The molecule has 1 unspecified atom stereocenters. The van der Waals surface area contributed by atoms with Gasteiger partial charge in [0, 0.05) is 24.3 Å². The number of nitrogens with zero attached hydrogens (tertiary/aromatic N) is 3. The Labute approximate surface area is 184 Å². The first-order valence-electron chi connectivity index (χ1n) is 9.31. The number of rotatable bonds is 6. The molecule has 0 radical (unpaired) electrons. The van der Waals surface area contributed by atoms with Gasteiger partial charge in [-0.25, -0.2) is 4.98 Å². The van der Waals surface area contributed by atoms with E-state index in [9.17, 15) is 18.4 Å². The SMILES string of the molecule is COc1cc2ncn(-c3ccc(C#N)[s+]3OCc3ccccc3C(F)(F)F)c2cc1OC. The number of hydrogen-bond donors (Lipinski definition) is 0. The molecular formula is C22H17F3N3O3S+. The van der Waals surface area contributed by atoms with Gasteiger partial charge in [0.15, 0.2) is 28.3 Å². The smallest absolute Gasteiger partial charge is 0.416 e. The molecule has 0 fully saturated rings. The van der Waals surface area contributed by atoms with Crippen molar-refractivity contribution in [1.29, 1.82) is 5.26 Å². The Balaban J connectivity index is 1.75. The summed E-state index contributed by atoms with van der Waals surface area (Å²) in [6.07, 6.45) is -2.93.